The Kier molecular flexibility index (Phi) is 3.25. The van der Waals surface area contributed by atoms with Gasteiger partial charge in [-0.3, -0.25) is 0 Å². The fourth-order valence-corrected chi connectivity index (χ4v) is 2.41. The van der Waals surface area contributed by atoms with Gasteiger partial charge in [-0.15, -0.1) is 0 Å². The third kappa shape index (κ3) is 2.35. The molecule has 0 atom stereocenters. The largest absolute Gasteiger partial charge is 0.369 e. The topological polar surface area (TPSA) is 48.7 Å². The molecule has 102 valence electrons. The van der Waals surface area contributed by atoms with E-state index in [4.69, 9.17) is 4.98 Å². The molecule has 3 heterocycles. The van der Waals surface area contributed by atoms with Crippen molar-refractivity contribution in [2.75, 3.05) is 50.0 Å². The number of nitrogens with zero attached hydrogens (tertiary/aromatic N) is 5. The van der Waals surface area contributed by atoms with E-state index in [1.807, 2.05) is 23.0 Å². The molecule has 0 aromatic carbocycles. The summed E-state index contributed by atoms with van der Waals surface area (Å²) >= 11 is 0. The van der Waals surface area contributed by atoms with Gasteiger partial charge in [0.1, 0.15) is 5.82 Å². The van der Waals surface area contributed by atoms with Crippen LogP contribution in [0, 0.1) is 0 Å². The first-order valence-electron chi connectivity index (χ1n) is 6.79. The molecule has 3 rings (SSSR count). The van der Waals surface area contributed by atoms with Crippen LogP contribution in [0.5, 0.6) is 0 Å². The van der Waals surface area contributed by atoms with Gasteiger partial charge < -0.3 is 19.5 Å². The Morgan fingerprint density at radius 3 is 2.79 bits per heavy atom. The lowest BCUT2D eigenvalue weighted by Crippen LogP contribution is -2.45. The summed E-state index contributed by atoms with van der Waals surface area (Å²) in [4.78, 5) is 13.8. The number of likely N-dealkylation sites (N-methyl/N-ethyl adjacent to an activating group) is 1. The third-order valence-corrected chi connectivity index (χ3v) is 3.52. The third-order valence-electron chi connectivity index (χ3n) is 3.52. The van der Waals surface area contributed by atoms with Crippen molar-refractivity contribution in [3.8, 4) is 0 Å². The van der Waals surface area contributed by atoms with Crippen LogP contribution in [0.3, 0.4) is 0 Å². The quantitative estimate of drug-likeness (QED) is 0.889. The molecule has 0 unspecified atom stereocenters. The number of imidazole rings is 1. The zero-order chi connectivity index (χ0) is 13.2. The van der Waals surface area contributed by atoms with Gasteiger partial charge in [-0.25, -0.2) is 9.97 Å². The molecular weight excluding hydrogens is 240 g/mol. The van der Waals surface area contributed by atoms with E-state index in [9.17, 15) is 0 Å². The van der Waals surface area contributed by atoms with Gasteiger partial charge in [-0.05, 0) is 14.0 Å². The summed E-state index contributed by atoms with van der Waals surface area (Å²) in [5.74, 6) is 1.89. The van der Waals surface area contributed by atoms with E-state index in [1.54, 1.807) is 0 Å². The van der Waals surface area contributed by atoms with Crippen molar-refractivity contribution >= 4 is 17.3 Å². The summed E-state index contributed by atoms with van der Waals surface area (Å²) in [7, 11) is 2.16. The molecule has 6 nitrogen and oxygen atoms in total. The molecule has 0 saturated carbocycles. The molecule has 0 aliphatic carbocycles. The molecule has 6 heteroatoms. The minimum absolute atomic E-state index is 0.870. The predicted molar refractivity (Wildman–Crippen MR) is 76.9 cm³/mol. The van der Waals surface area contributed by atoms with Crippen molar-refractivity contribution in [3.63, 3.8) is 0 Å². The van der Waals surface area contributed by atoms with E-state index in [-0.39, 0.29) is 0 Å². The van der Waals surface area contributed by atoms with Crippen LogP contribution in [0.2, 0.25) is 0 Å². The van der Waals surface area contributed by atoms with E-state index in [1.165, 1.54) is 0 Å². The van der Waals surface area contributed by atoms with Crippen molar-refractivity contribution in [1.82, 2.24) is 19.3 Å². The van der Waals surface area contributed by atoms with Crippen LogP contribution in [0.25, 0.3) is 5.65 Å². The molecular formula is C13H20N6. The summed E-state index contributed by atoms with van der Waals surface area (Å²) < 4.78 is 2.04. The average molecular weight is 260 g/mol. The van der Waals surface area contributed by atoms with Gasteiger partial charge in [0.15, 0.2) is 11.5 Å². The highest BCUT2D eigenvalue weighted by atomic mass is 15.3. The second kappa shape index (κ2) is 5.05. The monoisotopic (exact) mass is 260 g/mol. The highest BCUT2D eigenvalue weighted by Gasteiger charge is 2.19. The Balaban J connectivity index is 1.98. The number of hydrogen-bond donors (Lipinski definition) is 1. The zero-order valence-electron chi connectivity index (χ0n) is 11.5. The molecule has 1 aliphatic heterocycles. The van der Waals surface area contributed by atoms with Gasteiger partial charge in [0, 0.05) is 45.1 Å². The molecule has 1 fully saturated rings. The van der Waals surface area contributed by atoms with E-state index >= 15 is 0 Å². The Morgan fingerprint density at radius 2 is 2.05 bits per heavy atom. The smallest absolute Gasteiger partial charge is 0.180 e. The number of fused-ring (bicyclic) bond motifs is 1. The maximum atomic E-state index is 4.72. The minimum Gasteiger partial charge on any atom is -0.369 e. The van der Waals surface area contributed by atoms with Crippen LogP contribution in [0.15, 0.2) is 18.6 Å². The normalized spacial score (nSPS) is 17.1. The number of hydrogen-bond acceptors (Lipinski definition) is 5. The van der Waals surface area contributed by atoms with Crippen molar-refractivity contribution in [2.24, 2.45) is 0 Å². The van der Waals surface area contributed by atoms with E-state index in [0.29, 0.717) is 0 Å². The highest BCUT2D eigenvalue weighted by Crippen LogP contribution is 2.21. The van der Waals surface area contributed by atoms with Crippen molar-refractivity contribution in [2.45, 2.75) is 6.92 Å². The SMILES string of the molecule is CCNc1cn2ccnc2c(N2CCN(C)CC2)n1. The molecule has 2 aromatic heterocycles. The van der Waals surface area contributed by atoms with Crippen LogP contribution >= 0.6 is 0 Å². The molecule has 0 amide bonds. The predicted octanol–water partition coefficient (Wildman–Crippen LogP) is 0.913. The first-order chi connectivity index (χ1) is 9.28. The number of nitrogens with one attached hydrogen (secondary N) is 1. The van der Waals surface area contributed by atoms with Gasteiger partial charge in [0.2, 0.25) is 0 Å². The number of rotatable bonds is 3. The van der Waals surface area contributed by atoms with Crippen LogP contribution in [-0.2, 0) is 0 Å². The summed E-state index contributed by atoms with van der Waals surface area (Å²) in [5.41, 5.74) is 0.936. The molecule has 0 radical (unpaired) electrons. The van der Waals surface area contributed by atoms with Gasteiger partial charge in [-0.2, -0.15) is 0 Å². The molecule has 1 N–H and O–H groups in total. The minimum atomic E-state index is 0.870. The number of piperazine rings is 1. The molecule has 0 bridgehead atoms. The fourth-order valence-electron chi connectivity index (χ4n) is 2.41. The van der Waals surface area contributed by atoms with E-state index < -0.39 is 0 Å². The molecule has 19 heavy (non-hydrogen) atoms. The Bertz CT molecular complexity index is 555. The first kappa shape index (κ1) is 12.2. The fraction of sp³-hybridized carbons (Fsp3) is 0.538. The van der Waals surface area contributed by atoms with Crippen molar-refractivity contribution in [1.29, 1.82) is 0 Å². The zero-order valence-corrected chi connectivity index (χ0v) is 11.5. The summed E-state index contributed by atoms with van der Waals surface area (Å²) in [5, 5.41) is 3.28. The number of aromatic nitrogens is 3. The Labute approximate surface area is 113 Å². The summed E-state index contributed by atoms with van der Waals surface area (Å²) in [6, 6.07) is 0. The van der Waals surface area contributed by atoms with Crippen LogP contribution < -0.4 is 10.2 Å². The lowest BCUT2D eigenvalue weighted by Gasteiger charge is -2.33. The Morgan fingerprint density at radius 1 is 1.26 bits per heavy atom. The maximum Gasteiger partial charge on any atom is 0.180 e. The average Bonchev–Trinajstić information content (AvgIpc) is 2.87. The van der Waals surface area contributed by atoms with Gasteiger partial charge >= 0.3 is 0 Å². The summed E-state index contributed by atoms with van der Waals surface area (Å²) in [6.07, 6.45) is 5.79. The van der Waals surface area contributed by atoms with E-state index in [2.05, 4.69) is 34.1 Å². The number of anilines is 2. The van der Waals surface area contributed by atoms with Gasteiger partial charge in [0.05, 0.1) is 6.20 Å². The lowest BCUT2D eigenvalue weighted by molar-refractivity contribution is 0.312. The lowest BCUT2D eigenvalue weighted by atomic mass is 10.3. The highest BCUT2D eigenvalue weighted by molar-refractivity contribution is 5.67. The van der Waals surface area contributed by atoms with Crippen LogP contribution in [-0.4, -0.2) is 59.0 Å². The first-order valence-corrected chi connectivity index (χ1v) is 6.79. The second-order valence-electron chi connectivity index (χ2n) is 4.93. The molecule has 1 saturated heterocycles. The molecule has 0 spiro atoms. The van der Waals surface area contributed by atoms with Gasteiger partial charge in [-0.1, -0.05) is 0 Å². The standard InChI is InChI=1S/C13H20N6/c1-3-14-11-10-19-5-4-15-12(19)13(16-11)18-8-6-17(2)7-9-18/h4-5,10,14H,3,6-9H2,1-2H3. The van der Waals surface area contributed by atoms with Crippen molar-refractivity contribution in [3.05, 3.63) is 18.6 Å². The van der Waals surface area contributed by atoms with Gasteiger partial charge in [0.25, 0.3) is 0 Å². The van der Waals surface area contributed by atoms with Crippen LogP contribution in [0.4, 0.5) is 11.6 Å². The van der Waals surface area contributed by atoms with E-state index in [0.717, 1.165) is 50.0 Å². The van der Waals surface area contributed by atoms with Crippen molar-refractivity contribution < 1.29 is 0 Å². The molecule has 1 aliphatic rings. The maximum absolute atomic E-state index is 4.72. The molecule has 2 aromatic rings. The second-order valence-corrected chi connectivity index (χ2v) is 4.93. The Hall–Kier alpha value is -1.82. The van der Waals surface area contributed by atoms with Crippen LogP contribution in [0.1, 0.15) is 6.92 Å². The summed E-state index contributed by atoms with van der Waals surface area (Å²) in [6.45, 7) is 7.09.